The van der Waals surface area contributed by atoms with Crippen molar-refractivity contribution in [3.8, 4) is 0 Å². The molecule has 0 aliphatic carbocycles. The minimum Gasteiger partial charge on any atom is -0.370 e. The zero-order valence-electron chi connectivity index (χ0n) is 20.2. The molecule has 0 radical (unpaired) electrons. The molecule has 1 fully saturated rings. The molecule has 4 N–H and O–H groups in total. The van der Waals surface area contributed by atoms with Crippen LogP contribution in [0.15, 0.2) is 65.7 Å². The number of nitrogens with two attached hydrogens (primary N) is 1. The van der Waals surface area contributed by atoms with E-state index in [1.165, 1.54) is 22.1 Å². The van der Waals surface area contributed by atoms with Crippen molar-refractivity contribution in [2.45, 2.75) is 39.8 Å². The van der Waals surface area contributed by atoms with Crippen molar-refractivity contribution in [2.24, 2.45) is 16.6 Å². The number of nitrogens with zero attached hydrogens (tertiary/aromatic N) is 2. The molecule has 0 spiro atoms. The lowest BCUT2D eigenvalue weighted by atomic mass is 9.96. The van der Waals surface area contributed by atoms with Gasteiger partial charge in [0.1, 0.15) is 0 Å². The highest BCUT2D eigenvalue weighted by Gasteiger charge is 2.20. The van der Waals surface area contributed by atoms with Crippen molar-refractivity contribution >= 4 is 22.8 Å². The second kappa shape index (κ2) is 11.2. The molecule has 2 amide bonds. The number of hydrogen-bond acceptors (Lipinski definition) is 3. The van der Waals surface area contributed by atoms with Gasteiger partial charge in [0.25, 0.3) is 0 Å². The van der Waals surface area contributed by atoms with Crippen LogP contribution < -0.4 is 16.4 Å². The summed E-state index contributed by atoms with van der Waals surface area (Å²) in [7, 11) is 0. The van der Waals surface area contributed by atoms with Crippen LogP contribution in [0.5, 0.6) is 0 Å². The topological polar surface area (TPSA) is 82.8 Å². The summed E-state index contributed by atoms with van der Waals surface area (Å²) in [5.41, 5.74) is 11.1. The van der Waals surface area contributed by atoms with Crippen LogP contribution in [0.4, 0.5) is 4.79 Å². The van der Waals surface area contributed by atoms with Gasteiger partial charge in [-0.1, -0.05) is 71.8 Å². The number of hydrogen-bond donors (Lipinski definition) is 3. The highest BCUT2D eigenvalue weighted by molar-refractivity contribution is 5.95. The first kappa shape index (κ1) is 23.8. The third-order valence-corrected chi connectivity index (χ3v) is 6.49. The van der Waals surface area contributed by atoms with Crippen LogP contribution in [0.25, 0.3) is 10.8 Å². The molecule has 1 saturated heterocycles. The lowest BCUT2D eigenvalue weighted by Gasteiger charge is -2.32. The smallest absolute Gasteiger partial charge is 0.321 e. The van der Waals surface area contributed by atoms with Crippen LogP contribution in [-0.4, -0.2) is 36.5 Å². The van der Waals surface area contributed by atoms with Crippen LogP contribution in [-0.2, 0) is 13.1 Å². The third-order valence-electron chi connectivity index (χ3n) is 6.49. The molecule has 0 atom stereocenters. The van der Waals surface area contributed by atoms with E-state index in [1.807, 2.05) is 24.3 Å². The molecule has 0 unspecified atom stereocenters. The molecule has 4 rings (SSSR count). The van der Waals surface area contributed by atoms with Gasteiger partial charge in [0, 0.05) is 13.1 Å². The van der Waals surface area contributed by atoms with Crippen molar-refractivity contribution in [1.29, 1.82) is 0 Å². The summed E-state index contributed by atoms with van der Waals surface area (Å²) in [6, 6.07) is 20.8. The molecule has 3 aromatic rings. The van der Waals surface area contributed by atoms with E-state index in [9.17, 15) is 4.79 Å². The number of amides is 2. The minimum absolute atomic E-state index is 0.133. The minimum atomic E-state index is -0.295. The first-order chi connectivity index (χ1) is 16.5. The molecule has 0 saturated carbocycles. The number of likely N-dealkylation sites (tertiary alicyclic amines) is 1. The molecule has 3 aromatic carbocycles. The lowest BCUT2D eigenvalue weighted by molar-refractivity contribution is 0.175. The molecule has 6 heteroatoms. The highest BCUT2D eigenvalue weighted by Crippen LogP contribution is 2.20. The molecule has 178 valence electrons. The fraction of sp³-hybridized carbons (Fsp3) is 0.357. The van der Waals surface area contributed by atoms with Gasteiger partial charge in [-0.05, 0) is 67.6 Å². The number of piperidine rings is 1. The quantitative estimate of drug-likeness (QED) is 0.377. The Balaban J connectivity index is 1.19. The van der Waals surface area contributed by atoms with Crippen molar-refractivity contribution in [3.05, 3.63) is 82.9 Å². The monoisotopic (exact) mass is 457 g/mol. The Bertz CT molecular complexity index is 1140. The molecule has 0 aromatic heterocycles. The number of carbonyl (C=O) groups is 1. The summed E-state index contributed by atoms with van der Waals surface area (Å²) >= 11 is 0. The van der Waals surface area contributed by atoms with Gasteiger partial charge in [0.05, 0.1) is 6.54 Å². The van der Waals surface area contributed by atoms with E-state index in [0.717, 1.165) is 43.4 Å². The zero-order chi connectivity index (χ0) is 23.9. The first-order valence-corrected chi connectivity index (χ1v) is 12.1. The number of aryl methyl sites for hydroxylation is 2. The SMILES string of the molecule is Cc1cc(C)cc(CN2CCC(CNC(=O)NC(N)=NCc3cccc4ccccc34)CC2)c1. The standard InChI is InChI=1S/C28H35N5O/c1-20-14-21(2)16-23(15-20)19-33-12-10-22(11-13-33)17-31-28(34)32-27(29)30-18-25-8-5-7-24-6-3-4-9-26(24)25/h3-9,14-16,22H,10-13,17-19H2,1-2H3,(H4,29,30,31,32,34). The van der Waals surface area contributed by atoms with Gasteiger partial charge in [-0.25, -0.2) is 9.79 Å². The molecule has 0 bridgehead atoms. The van der Waals surface area contributed by atoms with E-state index in [4.69, 9.17) is 5.73 Å². The highest BCUT2D eigenvalue weighted by atomic mass is 16.2. The zero-order valence-corrected chi connectivity index (χ0v) is 20.2. The van der Waals surface area contributed by atoms with Crippen LogP contribution in [0, 0.1) is 19.8 Å². The summed E-state index contributed by atoms with van der Waals surface area (Å²) in [5, 5.41) is 7.93. The van der Waals surface area contributed by atoms with Crippen molar-refractivity contribution in [2.75, 3.05) is 19.6 Å². The fourth-order valence-corrected chi connectivity index (χ4v) is 4.80. The molecule has 6 nitrogen and oxygen atoms in total. The maximum Gasteiger partial charge on any atom is 0.321 e. The number of benzene rings is 3. The van der Waals surface area contributed by atoms with E-state index < -0.39 is 0 Å². The lowest BCUT2D eigenvalue weighted by Crippen LogP contribution is -2.46. The predicted molar refractivity (Wildman–Crippen MR) is 140 cm³/mol. The van der Waals surface area contributed by atoms with Crippen LogP contribution >= 0.6 is 0 Å². The summed E-state index contributed by atoms with van der Waals surface area (Å²) < 4.78 is 0. The van der Waals surface area contributed by atoms with E-state index >= 15 is 0 Å². The number of guanidine groups is 1. The van der Waals surface area contributed by atoms with Gasteiger partial charge in [0.2, 0.25) is 0 Å². The Labute approximate surface area is 202 Å². The number of nitrogens with one attached hydrogen (secondary N) is 2. The largest absolute Gasteiger partial charge is 0.370 e. The fourth-order valence-electron chi connectivity index (χ4n) is 4.80. The van der Waals surface area contributed by atoms with Gasteiger partial charge in [0.15, 0.2) is 5.96 Å². The molecule has 1 aliphatic heterocycles. The van der Waals surface area contributed by atoms with E-state index in [0.29, 0.717) is 19.0 Å². The number of rotatable bonds is 6. The number of urea groups is 1. The Morgan fingerprint density at radius 3 is 2.50 bits per heavy atom. The van der Waals surface area contributed by atoms with Gasteiger partial charge < -0.3 is 11.1 Å². The molecular weight excluding hydrogens is 422 g/mol. The van der Waals surface area contributed by atoms with Crippen LogP contribution in [0.1, 0.15) is 35.1 Å². The number of carbonyl (C=O) groups excluding carboxylic acids is 1. The van der Waals surface area contributed by atoms with E-state index in [-0.39, 0.29) is 12.0 Å². The maximum atomic E-state index is 12.3. The third kappa shape index (κ3) is 6.58. The Morgan fingerprint density at radius 2 is 1.74 bits per heavy atom. The second-order valence-corrected chi connectivity index (χ2v) is 9.39. The van der Waals surface area contributed by atoms with Crippen molar-refractivity contribution in [3.63, 3.8) is 0 Å². The van der Waals surface area contributed by atoms with Crippen LogP contribution in [0.2, 0.25) is 0 Å². The predicted octanol–water partition coefficient (Wildman–Crippen LogP) is 4.48. The summed E-state index contributed by atoms with van der Waals surface area (Å²) in [6.45, 7) is 8.48. The summed E-state index contributed by atoms with van der Waals surface area (Å²) in [5.74, 6) is 0.615. The van der Waals surface area contributed by atoms with Crippen LogP contribution in [0.3, 0.4) is 0 Å². The average molecular weight is 458 g/mol. The Hall–Kier alpha value is -3.38. The van der Waals surface area contributed by atoms with E-state index in [2.05, 4.69) is 70.8 Å². The van der Waals surface area contributed by atoms with E-state index in [1.54, 1.807) is 0 Å². The second-order valence-electron chi connectivity index (χ2n) is 9.39. The van der Waals surface area contributed by atoms with Gasteiger partial charge >= 0.3 is 6.03 Å². The molecule has 1 aliphatic rings. The first-order valence-electron chi connectivity index (χ1n) is 12.1. The van der Waals surface area contributed by atoms with Gasteiger partial charge in [-0.15, -0.1) is 0 Å². The molecule has 1 heterocycles. The summed E-state index contributed by atoms with van der Waals surface area (Å²) in [6.07, 6.45) is 2.16. The summed E-state index contributed by atoms with van der Waals surface area (Å²) in [4.78, 5) is 19.2. The van der Waals surface area contributed by atoms with Crippen molar-refractivity contribution < 1.29 is 4.79 Å². The van der Waals surface area contributed by atoms with Crippen molar-refractivity contribution in [1.82, 2.24) is 15.5 Å². The molecule has 34 heavy (non-hydrogen) atoms. The Morgan fingerprint density at radius 1 is 1.03 bits per heavy atom. The van der Waals surface area contributed by atoms with Gasteiger partial charge in [-0.2, -0.15) is 0 Å². The number of aliphatic imine (C=N–C) groups is 1. The normalized spacial score (nSPS) is 15.4. The van der Waals surface area contributed by atoms with Gasteiger partial charge in [-0.3, -0.25) is 10.2 Å². The average Bonchev–Trinajstić information content (AvgIpc) is 2.81. The number of fused-ring (bicyclic) bond motifs is 1. The Kier molecular flexibility index (Phi) is 7.80. The molecular formula is C28H35N5O. The maximum absolute atomic E-state index is 12.3.